The molecular weight excluding hydrogens is 216 g/mol. The Morgan fingerprint density at radius 1 is 1.67 bits per heavy atom. The first kappa shape index (κ1) is 11.6. The number of amides is 1. The Bertz CT molecular complexity index is 392. The molecule has 0 unspecified atom stereocenters. The summed E-state index contributed by atoms with van der Waals surface area (Å²) in [6.45, 7) is 3.70. The van der Waals surface area contributed by atoms with Crippen LogP contribution in [0.1, 0.15) is 24.4 Å². The van der Waals surface area contributed by atoms with Crippen molar-refractivity contribution in [3.05, 3.63) is 23.1 Å². The summed E-state index contributed by atoms with van der Waals surface area (Å²) in [6, 6.07) is 4.88. The molecule has 1 heterocycles. The molecule has 0 N–H and O–H groups in total. The van der Waals surface area contributed by atoms with Crippen molar-refractivity contribution in [2.75, 3.05) is 6.54 Å². The number of hydrogen-bond acceptors (Lipinski definition) is 3. The van der Waals surface area contributed by atoms with Crippen molar-refractivity contribution in [3.63, 3.8) is 0 Å². The zero-order valence-corrected chi connectivity index (χ0v) is 9.28. The second kappa shape index (κ2) is 4.85. The Morgan fingerprint density at radius 3 is 2.73 bits per heavy atom. The molecule has 0 radical (unpaired) electrons. The topological polar surface area (TPSA) is 57.2 Å². The maximum Gasteiger partial charge on any atom is 0.290 e. The molecule has 0 aliphatic carbocycles. The van der Waals surface area contributed by atoms with Crippen molar-refractivity contribution in [1.29, 1.82) is 5.26 Å². The lowest BCUT2D eigenvalue weighted by Gasteiger charge is -2.22. The van der Waals surface area contributed by atoms with Gasteiger partial charge in [0.2, 0.25) is 0 Å². The number of furan rings is 1. The summed E-state index contributed by atoms with van der Waals surface area (Å²) < 4.78 is 4.99. The van der Waals surface area contributed by atoms with Crippen LogP contribution in [0.15, 0.2) is 16.5 Å². The lowest BCUT2D eigenvalue weighted by Crippen LogP contribution is -2.37. The lowest BCUT2D eigenvalue weighted by atomic mass is 10.3. The predicted molar refractivity (Wildman–Crippen MR) is 55.5 cm³/mol. The number of halogens is 1. The van der Waals surface area contributed by atoms with Crippen LogP contribution in [-0.4, -0.2) is 23.4 Å². The third-order valence-electron chi connectivity index (χ3n) is 1.91. The summed E-state index contributed by atoms with van der Waals surface area (Å²) >= 11 is 5.56. The van der Waals surface area contributed by atoms with Gasteiger partial charge in [-0.15, -0.1) is 0 Å². The zero-order chi connectivity index (χ0) is 11.4. The molecule has 0 saturated carbocycles. The molecule has 0 aliphatic rings. The maximum atomic E-state index is 11.8. The molecular formula is C10H11ClN2O2. The second-order valence-corrected chi connectivity index (χ2v) is 3.66. The third kappa shape index (κ3) is 2.74. The van der Waals surface area contributed by atoms with E-state index in [1.54, 1.807) is 0 Å². The Balaban J connectivity index is 2.86. The summed E-state index contributed by atoms with van der Waals surface area (Å²) in [4.78, 5) is 13.2. The van der Waals surface area contributed by atoms with Crippen molar-refractivity contribution in [2.45, 2.75) is 19.9 Å². The van der Waals surface area contributed by atoms with Gasteiger partial charge in [0.15, 0.2) is 11.0 Å². The quantitative estimate of drug-likeness (QED) is 0.743. The summed E-state index contributed by atoms with van der Waals surface area (Å²) in [5.41, 5.74) is 0. The van der Waals surface area contributed by atoms with Gasteiger partial charge in [-0.05, 0) is 37.6 Å². The van der Waals surface area contributed by atoms with Crippen LogP contribution >= 0.6 is 11.6 Å². The van der Waals surface area contributed by atoms with Crippen molar-refractivity contribution in [3.8, 4) is 6.07 Å². The molecule has 0 aliphatic heterocycles. The van der Waals surface area contributed by atoms with E-state index in [0.29, 0.717) is 0 Å². The summed E-state index contributed by atoms with van der Waals surface area (Å²) in [5, 5.41) is 8.75. The summed E-state index contributed by atoms with van der Waals surface area (Å²) in [7, 11) is 0. The van der Waals surface area contributed by atoms with Crippen LogP contribution < -0.4 is 0 Å². The molecule has 1 rings (SSSR count). The van der Waals surface area contributed by atoms with Crippen molar-refractivity contribution >= 4 is 17.5 Å². The Kier molecular flexibility index (Phi) is 3.75. The van der Waals surface area contributed by atoms with Gasteiger partial charge in [0.1, 0.15) is 6.54 Å². The van der Waals surface area contributed by atoms with Gasteiger partial charge in [-0.25, -0.2) is 0 Å². The fourth-order valence-electron chi connectivity index (χ4n) is 1.14. The van der Waals surface area contributed by atoms with Crippen molar-refractivity contribution in [1.82, 2.24) is 4.90 Å². The van der Waals surface area contributed by atoms with Gasteiger partial charge in [0.25, 0.3) is 5.91 Å². The van der Waals surface area contributed by atoms with Gasteiger partial charge in [0, 0.05) is 6.04 Å². The van der Waals surface area contributed by atoms with E-state index in [1.807, 2.05) is 19.9 Å². The van der Waals surface area contributed by atoms with Crippen molar-refractivity contribution in [2.24, 2.45) is 0 Å². The summed E-state index contributed by atoms with van der Waals surface area (Å²) in [5.74, 6) is -0.164. The SMILES string of the molecule is CC(C)N(CC#N)C(=O)c1ccc(Cl)o1. The van der Waals surface area contributed by atoms with Crippen molar-refractivity contribution < 1.29 is 9.21 Å². The molecule has 1 amide bonds. The number of carbonyl (C=O) groups is 1. The smallest absolute Gasteiger partial charge is 0.290 e. The first-order valence-electron chi connectivity index (χ1n) is 4.49. The minimum Gasteiger partial charge on any atom is -0.440 e. The molecule has 0 fully saturated rings. The Hall–Kier alpha value is -1.47. The standard InChI is InChI=1S/C10H11ClN2O2/c1-7(2)13(6-5-12)10(14)8-3-4-9(11)15-8/h3-4,7H,6H2,1-2H3. The molecule has 0 spiro atoms. The van der Waals surface area contributed by atoms with Gasteiger partial charge in [-0.3, -0.25) is 4.79 Å². The van der Waals surface area contributed by atoms with E-state index >= 15 is 0 Å². The Morgan fingerprint density at radius 2 is 2.33 bits per heavy atom. The van der Waals surface area contributed by atoms with Crippen LogP contribution in [0.4, 0.5) is 0 Å². The molecule has 5 heteroatoms. The first-order chi connectivity index (χ1) is 7.06. The molecule has 4 nitrogen and oxygen atoms in total. The zero-order valence-electron chi connectivity index (χ0n) is 8.53. The first-order valence-corrected chi connectivity index (χ1v) is 4.87. The van der Waals surface area contributed by atoms with E-state index in [0.717, 1.165) is 0 Å². The van der Waals surface area contributed by atoms with E-state index in [-0.39, 0.29) is 29.5 Å². The molecule has 0 atom stereocenters. The van der Waals surface area contributed by atoms with Gasteiger partial charge in [-0.1, -0.05) is 0 Å². The highest BCUT2D eigenvalue weighted by Gasteiger charge is 2.21. The fourth-order valence-corrected chi connectivity index (χ4v) is 1.28. The van der Waals surface area contributed by atoms with Gasteiger partial charge in [-0.2, -0.15) is 5.26 Å². The van der Waals surface area contributed by atoms with Gasteiger partial charge >= 0.3 is 0 Å². The minimum atomic E-state index is -0.321. The molecule has 1 aromatic rings. The maximum absolute atomic E-state index is 11.8. The average Bonchev–Trinajstić information content (AvgIpc) is 2.59. The Labute approximate surface area is 93.0 Å². The van der Waals surface area contributed by atoms with E-state index in [1.165, 1.54) is 17.0 Å². The molecule has 0 aromatic carbocycles. The monoisotopic (exact) mass is 226 g/mol. The van der Waals surface area contributed by atoms with Crippen LogP contribution in [0, 0.1) is 11.3 Å². The lowest BCUT2D eigenvalue weighted by molar-refractivity contribution is 0.0699. The normalized spacial score (nSPS) is 10.1. The van der Waals surface area contributed by atoms with E-state index in [9.17, 15) is 4.79 Å². The van der Waals surface area contributed by atoms with Gasteiger partial charge < -0.3 is 9.32 Å². The van der Waals surface area contributed by atoms with Gasteiger partial charge in [0.05, 0.1) is 6.07 Å². The molecule has 80 valence electrons. The van der Waals surface area contributed by atoms with E-state index in [4.69, 9.17) is 21.3 Å². The van der Waals surface area contributed by atoms with Crippen LogP contribution in [0.5, 0.6) is 0 Å². The van der Waals surface area contributed by atoms with Crippen LogP contribution in [0.25, 0.3) is 0 Å². The molecule has 0 saturated heterocycles. The second-order valence-electron chi connectivity index (χ2n) is 3.29. The largest absolute Gasteiger partial charge is 0.440 e. The number of nitriles is 1. The highest BCUT2D eigenvalue weighted by Crippen LogP contribution is 2.15. The minimum absolute atomic E-state index is 0.0365. The molecule has 1 aromatic heterocycles. The number of rotatable bonds is 3. The van der Waals surface area contributed by atoms with Crippen LogP contribution in [0.2, 0.25) is 5.22 Å². The highest BCUT2D eigenvalue weighted by molar-refractivity contribution is 6.29. The molecule has 0 bridgehead atoms. The summed E-state index contributed by atoms with van der Waals surface area (Å²) in [6.07, 6.45) is 0. The van der Waals surface area contributed by atoms with Crippen LogP contribution in [-0.2, 0) is 0 Å². The number of carbonyl (C=O) groups excluding carboxylic acids is 1. The number of hydrogen-bond donors (Lipinski definition) is 0. The predicted octanol–water partition coefficient (Wildman–Crippen LogP) is 2.31. The molecule has 15 heavy (non-hydrogen) atoms. The fraction of sp³-hybridized carbons (Fsp3) is 0.400. The number of nitrogens with zero attached hydrogens (tertiary/aromatic N) is 2. The van der Waals surface area contributed by atoms with Crippen LogP contribution in [0.3, 0.4) is 0 Å². The average molecular weight is 227 g/mol. The highest BCUT2D eigenvalue weighted by atomic mass is 35.5. The third-order valence-corrected chi connectivity index (χ3v) is 2.11. The van der Waals surface area contributed by atoms with E-state index in [2.05, 4.69) is 0 Å². The van der Waals surface area contributed by atoms with E-state index < -0.39 is 0 Å².